The van der Waals surface area contributed by atoms with Gasteiger partial charge in [0.2, 0.25) is 0 Å². The Balaban J connectivity index is 2.42. The van der Waals surface area contributed by atoms with E-state index in [4.69, 9.17) is 9.26 Å². The highest BCUT2D eigenvalue weighted by Crippen LogP contribution is 2.32. The van der Waals surface area contributed by atoms with Crippen LogP contribution in [0.2, 0.25) is 0 Å². The Morgan fingerprint density at radius 3 is 2.50 bits per heavy atom. The molecule has 16 heavy (non-hydrogen) atoms. The molecule has 0 amide bonds. The third-order valence-electron chi connectivity index (χ3n) is 2.38. The van der Waals surface area contributed by atoms with E-state index < -0.39 is 0 Å². The molecule has 0 N–H and O–H groups in total. The molecule has 0 fully saturated rings. The minimum Gasteiger partial charge on any atom is -0.497 e. The van der Waals surface area contributed by atoms with E-state index in [0.29, 0.717) is 0 Å². The van der Waals surface area contributed by atoms with Crippen molar-refractivity contribution in [3.05, 3.63) is 30.0 Å². The van der Waals surface area contributed by atoms with Gasteiger partial charge >= 0.3 is 0 Å². The molecule has 0 saturated carbocycles. The molecule has 0 unspecified atom stereocenters. The van der Waals surface area contributed by atoms with Crippen molar-refractivity contribution in [2.45, 2.75) is 11.8 Å². The van der Waals surface area contributed by atoms with Crippen molar-refractivity contribution in [2.24, 2.45) is 0 Å². The second-order valence-corrected chi connectivity index (χ2v) is 4.17. The van der Waals surface area contributed by atoms with E-state index in [1.165, 1.54) is 0 Å². The van der Waals surface area contributed by atoms with Gasteiger partial charge in [0.25, 0.3) is 0 Å². The summed E-state index contributed by atoms with van der Waals surface area (Å²) in [6, 6.07) is 7.80. The normalized spacial score (nSPS) is 10.4. The second kappa shape index (κ2) is 4.61. The van der Waals surface area contributed by atoms with Gasteiger partial charge in [-0.1, -0.05) is 5.16 Å². The van der Waals surface area contributed by atoms with Crippen molar-refractivity contribution in [2.75, 3.05) is 13.4 Å². The van der Waals surface area contributed by atoms with Gasteiger partial charge < -0.3 is 9.26 Å². The molecule has 0 spiro atoms. The summed E-state index contributed by atoms with van der Waals surface area (Å²) in [5.74, 6) is 1.70. The summed E-state index contributed by atoms with van der Waals surface area (Å²) < 4.78 is 10.3. The van der Waals surface area contributed by atoms with Crippen LogP contribution in [-0.2, 0) is 0 Å². The van der Waals surface area contributed by atoms with Crippen LogP contribution in [0.25, 0.3) is 11.3 Å². The maximum atomic E-state index is 5.20. The predicted molar refractivity (Wildman–Crippen MR) is 65.0 cm³/mol. The van der Waals surface area contributed by atoms with E-state index >= 15 is 0 Å². The molecule has 4 heteroatoms. The highest BCUT2D eigenvalue weighted by atomic mass is 32.2. The van der Waals surface area contributed by atoms with Crippen LogP contribution in [0.5, 0.6) is 5.75 Å². The lowest BCUT2D eigenvalue weighted by molar-refractivity contribution is 0.396. The molecule has 1 aromatic heterocycles. The average molecular weight is 235 g/mol. The first-order valence-corrected chi connectivity index (χ1v) is 6.13. The van der Waals surface area contributed by atoms with E-state index in [1.54, 1.807) is 18.9 Å². The maximum absolute atomic E-state index is 5.20. The molecular formula is C12H13NO2S. The molecule has 0 bridgehead atoms. The molecule has 3 nitrogen and oxygen atoms in total. The number of thioether (sulfide) groups is 1. The standard InChI is InChI=1S/C12H13NO2S/c1-8-12(16-3)11(13-15-8)9-4-6-10(14-2)7-5-9/h4-7H,1-3H3. The van der Waals surface area contributed by atoms with Gasteiger partial charge in [-0.15, -0.1) is 11.8 Å². The Hall–Kier alpha value is -1.42. The SMILES string of the molecule is COc1ccc(-c2noc(C)c2SC)cc1. The van der Waals surface area contributed by atoms with E-state index in [-0.39, 0.29) is 0 Å². The van der Waals surface area contributed by atoms with Crippen LogP contribution in [0.1, 0.15) is 5.76 Å². The minimum absolute atomic E-state index is 0.842. The molecule has 1 heterocycles. The molecule has 1 aromatic carbocycles. The van der Waals surface area contributed by atoms with Gasteiger partial charge in [0.05, 0.1) is 12.0 Å². The predicted octanol–water partition coefficient (Wildman–Crippen LogP) is 3.38. The number of rotatable bonds is 3. The highest BCUT2D eigenvalue weighted by molar-refractivity contribution is 7.98. The molecule has 0 atom stereocenters. The first kappa shape index (κ1) is 11.1. The molecule has 0 saturated heterocycles. The molecule has 84 valence electrons. The zero-order valence-electron chi connectivity index (χ0n) is 9.48. The van der Waals surface area contributed by atoms with Gasteiger partial charge in [0.1, 0.15) is 17.2 Å². The molecule has 2 rings (SSSR count). The summed E-state index contributed by atoms with van der Waals surface area (Å²) in [4.78, 5) is 1.09. The van der Waals surface area contributed by atoms with Gasteiger partial charge in [-0.3, -0.25) is 0 Å². The van der Waals surface area contributed by atoms with Crippen LogP contribution in [0.3, 0.4) is 0 Å². The van der Waals surface area contributed by atoms with E-state index in [0.717, 1.165) is 27.7 Å². The average Bonchev–Trinajstić information content (AvgIpc) is 2.70. The molecular weight excluding hydrogens is 222 g/mol. The van der Waals surface area contributed by atoms with Gasteiger partial charge in [-0.25, -0.2) is 0 Å². The number of aromatic nitrogens is 1. The fourth-order valence-electron chi connectivity index (χ4n) is 1.54. The number of ether oxygens (including phenoxy) is 1. The second-order valence-electron chi connectivity index (χ2n) is 3.35. The Labute approximate surface area is 98.8 Å². The van der Waals surface area contributed by atoms with Gasteiger partial charge in [0, 0.05) is 5.56 Å². The number of methoxy groups -OCH3 is 1. The number of hydrogen-bond donors (Lipinski definition) is 0. The quantitative estimate of drug-likeness (QED) is 0.764. The van der Waals surface area contributed by atoms with Crippen LogP contribution in [0, 0.1) is 6.92 Å². The maximum Gasteiger partial charge on any atom is 0.147 e. The molecule has 2 aromatic rings. The number of hydrogen-bond acceptors (Lipinski definition) is 4. The van der Waals surface area contributed by atoms with Crippen LogP contribution in [-0.4, -0.2) is 18.5 Å². The first-order chi connectivity index (χ1) is 7.76. The van der Waals surface area contributed by atoms with Crippen LogP contribution in [0.4, 0.5) is 0 Å². The summed E-state index contributed by atoms with van der Waals surface area (Å²) in [5.41, 5.74) is 1.94. The van der Waals surface area contributed by atoms with Crippen molar-refractivity contribution in [1.82, 2.24) is 5.16 Å². The van der Waals surface area contributed by atoms with Gasteiger partial charge in [0.15, 0.2) is 0 Å². The third kappa shape index (κ3) is 1.93. The lowest BCUT2D eigenvalue weighted by Gasteiger charge is -2.01. The largest absolute Gasteiger partial charge is 0.497 e. The summed E-state index contributed by atoms with van der Waals surface area (Å²) in [6.45, 7) is 1.92. The fraction of sp³-hybridized carbons (Fsp3) is 0.250. The Morgan fingerprint density at radius 1 is 1.25 bits per heavy atom. The van der Waals surface area contributed by atoms with Crippen molar-refractivity contribution < 1.29 is 9.26 Å². The summed E-state index contributed by atoms with van der Waals surface area (Å²) in [6.07, 6.45) is 2.02. The lowest BCUT2D eigenvalue weighted by atomic mass is 10.1. The fourth-order valence-corrected chi connectivity index (χ4v) is 2.21. The summed E-state index contributed by atoms with van der Waals surface area (Å²) in [7, 11) is 1.66. The van der Waals surface area contributed by atoms with Gasteiger partial charge in [-0.05, 0) is 37.4 Å². The topological polar surface area (TPSA) is 35.3 Å². The molecule has 0 aliphatic carbocycles. The lowest BCUT2D eigenvalue weighted by Crippen LogP contribution is -1.84. The molecule has 0 aliphatic heterocycles. The monoisotopic (exact) mass is 235 g/mol. The van der Waals surface area contributed by atoms with E-state index in [2.05, 4.69) is 5.16 Å². The van der Waals surface area contributed by atoms with E-state index in [9.17, 15) is 0 Å². The number of nitrogens with zero attached hydrogens (tertiary/aromatic N) is 1. The Bertz CT molecular complexity index is 476. The smallest absolute Gasteiger partial charge is 0.147 e. The zero-order valence-corrected chi connectivity index (χ0v) is 10.3. The third-order valence-corrected chi connectivity index (χ3v) is 3.27. The summed E-state index contributed by atoms with van der Waals surface area (Å²) in [5, 5.41) is 4.08. The van der Waals surface area contributed by atoms with Gasteiger partial charge in [-0.2, -0.15) is 0 Å². The Morgan fingerprint density at radius 2 is 1.94 bits per heavy atom. The molecule has 0 aliphatic rings. The van der Waals surface area contributed by atoms with Crippen molar-refractivity contribution >= 4 is 11.8 Å². The van der Waals surface area contributed by atoms with Crippen LogP contribution >= 0.6 is 11.8 Å². The van der Waals surface area contributed by atoms with Crippen molar-refractivity contribution in [1.29, 1.82) is 0 Å². The van der Waals surface area contributed by atoms with E-state index in [1.807, 2.05) is 37.4 Å². The van der Waals surface area contributed by atoms with Crippen molar-refractivity contribution in [3.63, 3.8) is 0 Å². The van der Waals surface area contributed by atoms with Crippen LogP contribution < -0.4 is 4.74 Å². The zero-order chi connectivity index (χ0) is 11.5. The Kier molecular flexibility index (Phi) is 3.19. The minimum atomic E-state index is 0.842. The highest BCUT2D eigenvalue weighted by Gasteiger charge is 2.13. The number of aryl methyl sites for hydroxylation is 1. The molecule has 0 radical (unpaired) electrons. The van der Waals surface area contributed by atoms with Crippen molar-refractivity contribution in [3.8, 4) is 17.0 Å². The van der Waals surface area contributed by atoms with Crippen LogP contribution in [0.15, 0.2) is 33.7 Å². The number of benzene rings is 1. The summed E-state index contributed by atoms with van der Waals surface area (Å²) >= 11 is 1.65. The first-order valence-electron chi connectivity index (χ1n) is 4.91.